The molecule has 0 amide bonds. The Morgan fingerprint density at radius 2 is 2.00 bits per heavy atom. The Labute approximate surface area is 174 Å². The van der Waals surface area contributed by atoms with E-state index in [4.69, 9.17) is 16.3 Å². The zero-order valence-electron chi connectivity index (χ0n) is 15.7. The van der Waals surface area contributed by atoms with Crippen molar-refractivity contribution in [1.82, 2.24) is 15.0 Å². The van der Waals surface area contributed by atoms with Crippen molar-refractivity contribution in [3.05, 3.63) is 79.5 Å². The van der Waals surface area contributed by atoms with E-state index in [9.17, 15) is 19.8 Å². The van der Waals surface area contributed by atoms with Gasteiger partial charge in [-0.1, -0.05) is 23.7 Å². The Bertz CT molecular complexity index is 1280. The number of nitrogens with zero attached hydrogens (tertiary/aromatic N) is 2. The summed E-state index contributed by atoms with van der Waals surface area (Å²) in [6, 6.07) is 10.9. The van der Waals surface area contributed by atoms with Crippen molar-refractivity contribution in [3.63, 3.8) is 0 Å². The summed E-state index contributed by atoms with van der Waals surface area (Å²) >= 11 is 5.99. The maximum Gasteiger partial charge on any atom is 0.335 e. The molecule has 4 N–H and O–H groups in total. The monoisotopic (exact) mass is 428 g/mol. The van der Waals surface area contributed by atoms with Gasteiger partial charge in [-0.25, -0.2) is 9.36 Å². The van der Waals surface area contributed by atoms with E-state index in [1.807, 2.05) is 0 Å². The van der Waals surface area contributed by atoms with Gasteiger partial charge in [0.05, 0.1) is 24.6 Å². The number of phenols is 1. The van der Waals surface area contributed by atoms with E-state index in [0.717, 1.165) is 10.1 Å². The summed E-state index contributed by atoms with van der Waals surface area (Å²) in [5, 5.41) is 25.1. The fourth-order valence-electron chi connectivity index (χ4n) is 3.34. The molecule has 1 aromatic heterocycles. The highest BCUT2D eigenvalue weighted by Gasteiger charge is 2.28. The van der Waals surface area contributed by atoms with E-state index >= 15 is 0 Å². The molecule has 0 aliphatic carbocycles. The van der Waals surface area contributed by atoms with Crippen LogP contribution in [0.4, 0.5) is 0 Å². The van der Waals surface area contributed by atoms with E-state index in [-0.39, 0.29) is 29.5 Å². The topological polar surface area (TPSA) is 129 Å². The van der Waals surface area contributed by atoms with Crippen LogP contribution in [0.1, 0.15) is 23.6 Å². The number of halogens is 1. The second kappa shape index (κ2) is 7.60. The molecule has 9 nitrogen and oxygen atoms in total. The first-order valence-corrected chi connectivity index (χ1v) is 9.30. The molecule has 4 rings (SSSR count). The largest absolute Gasteiger partial charge is 0.504 e. The maximum absolute atomic E-state index is 12.5. The Morgan fingerprint density at radius 1 is 1.20 bits per heavy atom. The summed E-state index contributed by atoms with van der Waals surface area (Å²) in [6.07, 6.45) is 0.262. The average Bonchev–Trinajstić information content (AvgIpc) is 3.17. The van der Waals surface area contributed by atoms with Crippen molar-refractivity contribution in [2.24, 2.45) is 5.10 Å². The molecule has 0 radical (unpaired) electrons. The van der Waals surface area contributed by atoms with Gasteiger partial charge in [0.25, 0.3) is 5.56 Å². The number of aromatic amines is 1. The third-order valence-electron chi connectivity index (χ3n) is 4.80. The zero-order chi connectivity index (χ0) is 21.4. The van der Waals surface area contributed by atoms with Gasteiger partial charge in [-0.05, 0) is 35.9 Å². The first-order chi connectivity index (χ1) is 14.4. The highest BCUT2D eigenvalue weighted by Crippen LogP contribution is 2.32. The number of aromatic nitrogens is 2. The number of ether oxygens (including phenoxy) is 1. The summed E-state index contributed by atoms with van der Waals surface area (Å²) < 4.78 is 6.08. The minimum atomic E-state index is -0.796. The van der Waals surface area contributed by atoms with Crippen LogP contribution in [0, 0.1) is 0 Å². The number of nitrogens with one attached hydrogen (secondary N) is 2. The fraction of sp³-hybridized carbons (Fsp3) is 0.150. The van der Waals surface area contributed by atoms with Crippen molar-refractivity contribution in [2.45, 2.75) is 12.5 Å². The smallest absolute Gasteiger partial charge is 0.335 e. The Hall–Kier alpha value is -3.72. The molecule has 2 heterocycles. The molecule has 0 bridgehead atoms. The lowest BCUT2D eigenvalue weighted by atomic mass is 9.99. The molecule has 30 heavy (non-hydrogen) atoms. The van der Waals surface area contributed by atoms with E-state index in [1.165, 1.54) is 19.2 Å². The molecule has 154 valence electrons. The number of phenolic OH excluding ortho intramolecular Hbond substituents is 1. The molecular formula is C20H17ClN4O5. The Morgan fingerprint density at radius 3 is 2.73 bits per heavy atom. The van der Waals surface area contributed by atoms with Gasteiger partial charge in [0.1, 0.15) is 5.56 Å². The lowest BCUT2D eigenvalue weighted by Gasteiger charge is -2.13. The molecule has 3 aromatic rings. The Balaban J connectivity index is 1.73. The maximum atomic E-state index is 12.5. The van der Waals surface area contributed by atoms with Crippen LogP contribution >= 0.6 is 11.6 Å². The van der Waals surface area contributed by atoms with Gasteiger partial charge >= 0.3 is 5.69 Å². The van der Waals surface area contributed by atoms with Crippen LogP contribution in [0.5, 0.6) is 17.4 Å². The number of benzene rings is 2. The number of hydrogen-bond donors (Lipinski definition) is 4. The highest BCUT2D eigenvalue weighted by molar-refractivity contribution is 6.30. The summed E-state index contributed by atoms with van der Waals surface area (Å²) in [4.78, 5) is 27.0. The number of methoxy groups -OCH3 is 1. The van der Waals surface area contributed by atoms with Crippen LogP contribution in [0.15, 0.2) is 57.2 Å². The first-order valence-electron chi connectivity index (χ1n) is 8.92. The normalized spacial score (nSPS) is 15.5. The van der Waals surface area contributed by atoms with Crippen molar-refractivity contribution in [3.8, 4) is 23.1 Å². The second-order valence-electron chi connectivity index (χ2n) is 6.65. The molecular weight excluding hydrogens is 412 g/mol. The van der Waals surface area contributed by atoms with Gasteiger partial charge in [-0.2, -0.15) is 5.10 Å². The molecule has 0 saturated heterocycles. The van der Waals surface area contributed by atoms with Crippen LogP contribution < -0.4 is 21.4 Å². The first kappa shape index (κ1) is 19.6. The van der Waals surface area contributed by atoms with E-state index in [1.54, 1.807) is 30.3 Å². The SMILES string of the molecule is COc1cc([C@H]2CC(c3c(O)n(-c4cccc(Cl)c4)c(=O)[nH]c3=O)=NN2)ccc1O. The van der Waals surface area contributed by atoms with Crippen LogP contribution in [-0.2, 0) is 0 Å². The van der Waals surface area contributed by atoms with Crippen LogP contribution in [0.25, 0.3) is 5.69 Å². The van der Waals surface area contributed by atoms with Gasteiger partial charge in [-0.3, -0.25) is 9.78 Å². The van der Waals surface area contributed by atoms with Gasteiger partial charge in [0.15, 0.2) is 11.5 Å². The second-order valence-corrected chi connectivity index (χ2v) is 7.09. The number of hydrogen-bond acceptors (Lipinski definition) is 7. The minimum absolute atomic E-state index is 0.00285. The lowest BCUT2D eigenvalue weighted by molar-refractivity contribution is 0.372. The summed E-state index contributed by atoms with van der Waals surface area (Å²) in [5.74, 6) is -0.225. The number of aromatic hydroxyl groups is 2. The van der Waals surface area contributed by atoms with Crippen LogP contribution in [-0.4, -0.2) is 32.6 Å². The molecule has 1 aliphatic rings. The molecule has 0 spiro atoms. The Kier molecular flexibility index (Phi) is 4.96. The molecule has 0 unspecified atom stereocenters. The summed E-state index contributed by atoms with van der Waals surface area (Å²) in [7, 11) is 1.44. The van der Waals surface area contributed by atoms with Crippen molar-refractivity contribution < 1.29 is 14.9 Å². The van der Waals surface area contributed by atoms with Crippen LogP contribution in [0.2, 0.25) is 5.02 Å². The van der Waals surface area contributed by atoms with Crippen LogP contribution in [0.3, 0.4) is 0 Å². The minimum Gasteiger partial charge on any atom is -0.504 e. The molecule has 1 atom stereocenters. The van der Waals surface area contributed by atoms with E-state index < -0.39 is 17.1 Å². The van der Waals surface area contributed by atoms with E-state index in [2.05, 4.69) is 15.5 Å². The van der Waals surface area contributed by atoms with E-state index in [0.29, 0.717) is 16.5 Å². The third kappa shape index (κ3) is 3.39. The lowest BCUT2D eigenvalue weighted by Crippen LogP contribution is -2.33. The van der Waals surface area contributed by atoms with Gasteiger partial charge in [-0.15, -0.1) is 0 Å². The van der Waals surface area contributed by atoms with Crippen molar-refractivity contribution in [2.75, 3.05) is 7.11 Å². The van der Waals surface area contributed by atoms with Crippen molar-refractivity contribution in [1.29, 1.82) is 0 Å². The summed E-state index contributed by atoms with van der Waals surface area (Å²) in [5.41, 5.74) is 2.59. The highest BCUT2D eigenvalue weighted by atomic mass is 35.5. The molecule has 10 heteroatoms. The average molecular weight is 429 g/mol. The zero-order valence-corrected chi connectivity index (χ0v) is 16.5. The predicted molar refractivity (Wildman–Crippen MR) is 111 cm³/mol. The van der Waals surface area contributed by atoms with Gasteiger partial charge in [0, 0.05) is 11.4 Å². The quantitative estimate of drug-likeness (QED) is 0.503. The third-order valence-corrected chi connectivity index (χ3v) is 5.04. The number of H-pyrrole nitrogens is 1. The standard InChI is InChI=1S/C20H17ClN4O5/c1-30-16-7-10(5-6-15(16)26)13-9-14(24-23-13)17-18(27)22-20(29)25(19(17)28)12-4-2-3-11(21)8-12/h2-8,13,23,26,28H,9H2,1H3,(H,22,27,29)/t13-/m1/s1. The molecule has 0 saturated carbocycles. The molecule has 2 aromatic carbocycles. The van der Waals surface area contributed by atoms with Gasteiger partial charge in [0.2, 0.25) is 5.88 Å². The summed E-state index contributed by atoms with van der Waals surface area (Å²) in [6.45, 7) is 0. The molecule has 1 aliphatic heterocycles. The van der Waals surface area contributed by atoms with Gasteiger partial charge < -0.3 is 20.4 Å². The fourth-order valence-corrected chi connectivity index (χ4v) is 3.53. The molecule has 0 fully saturated rings. The number of hydrazone groups is 1. The van der Waals surface area contributed by atoms with Crippen molar-refractivity contribution >= 4 is 17.3 Å². The number of rotatable bonds is 4. The predicted octanol–water partition coefficient (Wildman–Crippen LogP) is 2.04.